The molecule has 3 N–H and O–H groups in total. The molecule has 0 unspecified atom stereocenters. The van der Waals surface area contributed by atoms with Gasteiger partial charge in [-0.15, -0.1) is 0 Å². The van der Waals surface area contributed by atoms with E-state index in [4.69, 9.17) is 5.73 Å². The summed E-state index contributed by atoms with van der Waals surface area (Å²) in [6.45, 7) is 0.535. The van der Waals surface area contributed by atoms with E-state index in [1.807, 2.05) is 0 Å². The Morgan fingerprint density at radius 1 is 1.58 bits per heavy atom. The van der Waals surface area contributed by atoms with Crippen molar-refractivity contribution in [3.63, 3.8) is 0 Å². The molecular weight excluding hydrogens is 314 g/mol. The zero-order valence-corrected chi connectivity index (χ0v) is 11.5. The molecule has 19 heavy (non-hydrogen) atoms. The number of nitrogens with two attached hydrogens (primary N) is 1. The number of anilines is 1. The molecule has 1 amide bonds. The van der Waals surface area contributed by atoms with Crippen LogP contribution in [0.1, 0.15) is 24.7 Å². The van der Waals surface area contributed by atoms with Crippen LogP contribution in [0.15, 0.2) is 17.0 Å². The summed E-state index contributed by atoms with van der Waals surface area (Å²) in [7, 11) is 0. The third kappa shape index (κ3) is 1.83. The van der Waals surface area contributed by atoms with E-state index in [2.05, 4.69) is 25.9 Å². The lowest BCUT2D eigenvalue weighted by Gasteiger charge is -2.20. The van der Waals surface area contributed by atoms with Gasteiger partial charge in [0.25, 0.3) is 0 Å². The van der Waals surface area contributed by atoms with Gasteiger partial charge in [0.15, 0.2) is 5.82 Å². The summed E-state index contributed by atoms with van der Waals surface area (Å²) in [6.07, 6.45) is 4.01. The second-order valence-corrected chi connectivity index (χ2v) is 5.18. The predicted octanol–water partition coefficient (Wildman–Crippen LogP) is 1.89. The van der Waals surface area contributed by atoms with Crippen LogP contribution < -0.4 is 5.73 Å². The van der Waals surface area contributed by atoms with E-state index in [1.165, 1.54) is 4.90 Å². The molecule has 1 fully saturated rings. The van der Waals surface area contributed by atoms with Crippen molar-refractivity contribution in [1.29, 1.82) is 0 Å². The molecule has 2 aromatic heterocycles. The first-order chi connectivity index (χ1) is 9.09. The van der Waals surface area contributed by atoms with Gasteiger partial charge >= 0.3 is 6.09 Å². The van der Waals surface area contributed by atoms with E-state index in [1.54, 1.807) is 16.8 Å². The monoisotopic (exact) mass is 325 g/mol. The van der Waals surface area contributed by atoms with Crippen LogP contribution in [0.2, 0.25) is 0 Å². The van der Waals surface area contributed by atoms with Crippen LogP contribution in [0.25, 0.3) is 5.52 Å². The number of carbonyl (C=O) groups is 1. The highest BCUT2D eigenvalue weighted by molar-refractivity contribution is 9.10. The lowest BCUT2D eigenvalue weighted by Crippen LogP contribution is -2.29. The summed E-state index contributed by atoms with van der Waals surface area (Å²) >= 11 is 3.35. The Labute approximate surface area is 117 Å². The van der Waals surface area contributed by atoms with Gasteiger partial charge in [0.05, 0.1) is 6.04 Å². The Morgan fingerprint density at radius 3 is 3.11 bits per heavy atom. The van der Waals surface area contributed by atoms with E-state index in [0.29, 0.717) is 28.3 Å². The molecule has 3 heterocycles. The summed E-state index contributed by atoms with van der Waals surface area (Å²) < 4.78 is 2.39. The van der Waals surface area contributed by atoms with Gasteiger partial charge in [0.1, 0.15) is 15.9 Å². The number of rotatable bonds is 1. The number of halogens is 1. The standard InChI is InChI=1S/C11H12BrN5O2/c12-8-7-9(13)14-3-5-17(7)10(15-8)6-2-1-4-16(6)11(18)19/h3,5-6H,1-2,4H2,(H2,13,14)(H,18,19)/t6-/m0/s1. The molecule has 2 aromatic rings. The van der Waals surface area contributed by atoms with Gasteiger partial charge in [0.2, 0.25) is 0 Å². The largest absolute Gasteiger partial charge is 0.465 e. The van der Waals surface area contributed by atoms with Crippen molar-refractivity contribution in [3.05, 3.63) is 22.8 Å². The molecule has 0 saturated carbocycles. The van der Waals surface area contributed by atoms with Crippen molar-refractivity contribution < 1.29 is 9.90 Å². The zero-order valence-electron chi connectivity index (χ0n) is 9.95. The van der Waals surface area contributed by atoms with E-state index in [-0.39, 0.29) is 6.04 Å². The van der Waals surface area contributed by atoms with Crippen LogP contribution in [0, 0.1) is 0 Å². The van der Waals surface area contributed by atoms with Gasteiger partial charge < -0.3 is 10.8 Å². The van der Waals surface area contributed by atoms with Crippen molar-refractivity contribution in [3.8, 4) is 0 Å². The van der Waals surface area contributed by atoms with Crippen LogP contribution in [0.5, 0.6) is 0 Å². The van der Waals surface area contributed by atoms with Crippen molar-refractivity contribution in [2.75, 3.05) is 12.3 Å². The van der Waals surface area contributed by atoms with Gasteiger partial charge in [-0.3, -0.25) is 9.30 Å². The number of imidazole rings is 1. The lowest BCUT2D eigenvalue weighted by atomic mass is 10.2. The maximum atomic E-state index is 11.2. The van der Waals surface area contributed by atoms with E-state index < -0.39 is 6.09 Å². The quantitative estimate of drug-likeness (QED) is 0.834. The number of aromatic nitrogens is 3. The minimum absolute atomic E-state index is 0.238. The molecule has 100 valence electrons. The average Bonchev–Trinajstić information content (AvgIpc) is 2.94. The molecule has 8 heteroatoms. The minimum Gasteiger partial charge on any atom is -0.465 e. The van der Waals surface area contributed by atoms with Crippen molar-refractivity contribution in [1.82, 2.24) is 19.3 Å². The van der Waals surface area contributed by atoms with Gasteiger partial charge in [-0.05, 0) is 28.8 Å². The Kier molecular flexibility index (Phi) is 2.81. The molecular formula is C11H12BrN5O2. The summed E-state index contributed by atoms with van der Waals surface area (Å²) in [5.74, 6) is 1.05. The fourth-order valence-corrected chi connectivity index (χ4v) is 3.12. The number of hydrogen-bond acceptors (Lipinski definition) is 4. The third-order valence-corrected chi connectivity index (χ3v) is 3.92. The second kappa shape index (κ2) is 4.37. The minimum atomic E-state index is -0.919. The van der Waals surface area contributed by atoms with Crippen LogP contribution in [0.4, 0.5) is 10.6 Å². The van der Waals surface area contributed by atoms with Crippen LogP contribution in [0.3, 0.4) is 0 Å². The zero-order chi connectivity index (χ0) is 13.6. The molecule has 1 saturated heterocycles. The van der Waals surface area contributed by atoms with E-state index >= 15 is 0 Å². The Morgan fingerprint density at radius 2 is 2.37 bits per heavy atom. The second-order valence-electron chi connectivity index (χ2n) is 4.43. The van der Waals surface area contributed by atoms with Crippen LogP contribution in [-0.4, -0.2) is 37.0 Å². The Bertz CT molecular complexity index is 656. The predicted molar refractivity (Wildman–Crippen MR) is 71.8 cm³/mol. The Balaban J connectivity index is 2.16. The molecule has 7 nitrogen and oxygen atoms in total. The highest BCUT2D eigenvalue weighted by Gasteiger charge is 2.33. The fourth-order valence-electron chi connectivity index (χ4n) is 2.54. The van der Waals surface area contributed by atoms with E-state index in [9.17, 15) is 9.90 Å². The SMILES string of the molecule is Nc1nccn2c([C@@H]3CCCN3C(=O)O)nc(Br)c12. The number of carboxylic acid groups (broad SMARTS) is 1. The van der Waals surface area contributed by atoms with Gasteiger partial charge in [-0.2, -0.15) is 0 Å². The number of hydrogen-bond donors (Lipinski definition) is 2. The molecule has 1 aliphatic rings. The van der Waals surface area contributed by atoms with E-state index in [0.717, 1.165) is 12.8 Å². The molecule has 3 rings (SSSR count). The van der Waals surface area contributed by atoms with Gasteiger partial charge in [0, 0.05) is 18.9 Å². The Hall–Kier alpha value is -1.83. The average molecular weight is 326 g/mol. The van der Waals surface area contributed by atoms with Crippen LogP contribution >= 0.6 is 15.9 Å². The molecule has 1 aliphatic heterocycles. The molecule has 0 bridgehead atoms. The topological polar surface area (TPSA) is 96.8 Å². The van der Waals surface area contributed by atoms with Crippen molar-refractivity contribution in [2.24, 2.45) is 0 Å². The first-order valence-electron chi connectivity index (χ1n) is 5.87. The lowest BCUT2D eigenvalue weighted by molar-refractivity contribution is 0.138. The highest BCUT2D eigenvalue weighted by Crippen LogP contribution is 2.34. The number of nitrogens with zero attached hydrogens (tertiary/aromatic N) is 4. The fraction of sp³-hybridized carbons (Fsp3) is 0.364. The summed E-state index contributed by atoms with van der Waals surface area (Å²) in [5, 5.41) is 9.22. The van der Waals surface area contributed by atoms with Crippen LogP contribution in [-0.2, 0) is 0 Å². The molecule has 0 spiro atoms. The summed E-state index contributed by atoms with van der Waals surface area (Å²) in [4.78, 5) is 21.1. The smallest absolute Gasteiger partial charge is 0.407 e. The summed E-state index contributed by atoms with van der Waals surface area (Å²) in [6, 6.07) is -0.238. The van der Waals surface area contributed by atoms with Crippen molar-refractivity contribution >= 4 is 33.4 Å². The maximum absolute atomic E-state index is 11.2. The number of amides is 1. The normalized spacial score (nSPS) is 19.2. The maximum Gasteiger partial charge on any atom is 0.407 e. The third-order valence-electron chi connectivity index (χ3n) is 3.36. The number of fused-ring (bicyclic) bond motifs is 1. The highest BCUT2D eigenvalue weighted by atomic mass is 79.9. The van der Waals surface area contributed by atoms with Gasteiger partial charge in [-0.25, -0.2) is 14.8 Å². The first kappa shape index (κ1) is 12.2. The number of nitrogen functional groups attached to an aromatic ring is 1. The number of likely N-dealkylation sites (tertiary alicyclic amines) is 1. The van der Waals surface area contributed by atoms with Gasteiger partial charge in [-0.1, -0.05) is 0 Å². The molecule has 0 aliphatic carbocycles. The summed E-state index contributed by atoms with van der Waals surface area (Å²) in [5.41, 5.74) is 6.51. The molecule has 1 atom stereocenters. The molecule has 0 aromatic carbocycles. The van der Waals surface area contributed by atoms with Crippen molar-refractivity contribution in [2.45, 2.75) is 18.9 Å². The first-order valence-corrected chi connectivity index (χ1v) is 6.66. The molecule has 0 radical (unpaired) electrons.